The van der Waals surface area contributed by atoms with Crippen molar-refractivity contribution < 1.29 is 14.8 Å². The van der Waals surface area contributed by atoms with Crippen LogP contribution in [-0.4, -0.2) is 36.2 Å². The molecule has 1 aromatic heterocycles. The summed E-state index contributed by atoms with van der Waals surface area (Å²) in [5.74, 6) is -0.903. The Morgan fingerprint density at radius 2 is 2.07 bits per heavy atom. The van der Waals surface area contributed by atoms with E-state index in [4.69, 9.17) is 0 Å². The predicted molar refractivity (Wildman–Crippen MR) is 107 cm³/mol. The number of aromatic amines is 1. The number of carbonyl (C=O) groups is 1. The molecule has 0 unspecified atom stereocenters. The minimum absolute atomic E-state index is 0.0366. The number of H-pyrrole nitrogens is 1. The van der Waals surface area contributed by atoms with E-state index in [2.05, 4.69) is 16.7 Å². The van der Waals surface area contributed by atoms with E-state index in [1.165, 1.54) is 35.4 Å². The van der Waals surface area contributed by atoms with Crippen LogP contribution in [0.3, 0.4) is 0 Å². The van der Waals surface area contributed by atoms with E-state index in [0.717, 1.165) is 4.57 Å². The van der Waals surface area contributed by atoms with Gasteiger partial charge in [0.05, 0.1) is 16.7 Å². The molecule has 156 valence electrons. The molecule has 1 aliphatic heterocycles. The van der Waals surface area contributed by atoms with Crippen molar-refractivity contribution in [2.24, 2.45) is 5.10 Å². The largest absolute Gasteiger partial charge is 0.494 e. The number of amides is 1. The molecule has 11 heteroatoms. The summed E-state index contributed by atoms with van der Waals surface area (Å²) in [4.78, 5) is 49.3. The van der Waals surface area contributed by atoms with Crippen molar-refractivity contribution >= 4 is 17.3 Å². The van der Waals surface area contributed by atoms with Crippen LogP contribution in [0.1, 0.15) is 36.9 Å². The second-order valence-corrected chi connectivity index (χ2v) is 6.56. The predicted octanol–water partition coefficient (Wildman–Crippen LogP) is 1.42. The number of hydrogen-bond acceptors (Lipinski definition) is 7. The van der Waals surface area contributed by atoms with Gasteiger partial charge in [0, 0.05) is 31.5 Å². The number of nitrogens with zero attached hydrogens (tertiary/aromatic N) is 4. The lowest BCUT2D eigenvalue weighted by Gasteiger charge is -2.21. The molecule has 0 aliphatic carbocycles. The highest BCUT2D eigenvalue weighted by atomic mass is 16.6. The van der Waals surface area contributed by atoms with Crippen molar-refractivity contribution in [3.63, 3.8) is 0 Å². The smallest absolute Gasteiger partial charge is 0.331 e. The maximum atomic E-state index is 12.4. The number of aromatic hydroxyl groups is 1. The molecule has 2 N–H and O–H groups in total. The Hall–Kier alpha value is -4.02. The number of carbonyl (C=O) groups excluding carboxylic acids is 1. The molecule has 2 aromatic rings. The van der Waals surface area contributed by atoms with E-state index >= 15 is 0 Å². The quantitative estimate of drug-likeness (QED) is 0.415. The summed E-state index contributed by atoms with van der Waals surface area (Å²) in [6.07, 6.45) is 1.59. The van der Waals surface area contributed by atoms with Crippen LogP contribution >= 0.6 is 0 Å². The Balaban J connectivity index is 2.08. The van der Waals surface area contributed by atoms with Gasteiger partial charge in [0.1, 0.15) is 5.56 Å². The van der Waals surface area contributed by atoms with Gasteiger partial charge in [-0.2, -0.15) is 5.10 Å². The van der Waals surface area contributed by atoms with Crippen LogP contribution in [0.25, 0.3) is 0 Å². The van der Waals surface area contributed by atoms with Crippen molar-refractivity contribution in [2.45, 2.75) is 32.4 Å². The van der Waals surface area contributed by atoms with Gasteiger partial charge in [-0.05, 0) is 5.56 Å². The lowest BCUT2D eigenvalue weighted by Crippen LogP contribution is -2.33. The van der Waals surface area contributed by atoms with Crippen LogP contribution in [-0.2, 0) is 11.3 Å². The Bertz CT molecular complexity index is 1160. The van der Waals surface area contributed by atoms with Gasteiger partial charge in [0.25, 0.3) is 11.2 Å². The van der Waals surface area contributed by atoms with Gasteiger partial charge in [0.2, 0.25) is 11.8 Å². The zero-order valence-corrected chi connectivity index (χ0v) is 16.1. The van der Waals surface area contributed by atoms with Crippen molar-refractivity contribution in [1.82, 2.24) is 14.6 Å². The first-order valence-corrected chi connectivity index (χ1v) is 9.09. The number of hydrazone groups is 1. The second kappa shape index (κ2) is 8.15. The molecule has 0 radical (unpaired) electrons. The molecule has 0 saturated carbocycles. The number of allylic oxidation sites excluding steroid dienone is 1. The molecule has 0 spiro atoms. The van der Waals surface area contributed by atoms with Crippen molar-refractivity contribution in [2.75, 3.05) is 0 Å². The number of nitrogens with one attached hydrogen (secondary N) is 1. The molecular weight excluding hydrogens is 394 g/mol. The number of benzene rings is 1. The van der Waals surface area contributed by atoms with E-state index in [-0.39, 0.29) is 42.3 Å². The molecule has 30 heavy (non-hydrogen) atoms. The first-order valence-electron chi connectivity index (χ1n) is 9.09. The maximum Gasteiger partial charge on any atom is 0.331 e. The molecule has 0 bridgehead atoms. The Morgan fingerprint density at radius 3 is 2.63 bits per heavy atom. The summed E-state index contributed by atoms with van der Waals surface area (Å²) < 4.78 is 0.928. The molecule has 3 rings (SSSR count). The van der Waals surface area contributed by atoms with Gasteiger partial charge in [-0.3, -0.25) is 29.3 Å². The molecule has 1 aliphatic rings. The lowest BCUT2D eigenvalue weighted by atomic mass is 9.99. The summed E-state index contributed by atoms with van der Waals surface area (Å²) in [5, 5.41) is 26.8. The lowest BCUT2D eigenvalue weighted by molar-refractivity contribution is -0.384. The third-order valence-electron chi connectivity index (χ3n) is 4.73. The number of nitro groups is 1. The van der Waals surface area contributed by atoms with Crippen LogP contribution < -0.4 is 11.2 Å². The van der Waals surface area contributed by atoms with E-state index < -0.39 is 28.1 Å². The van der Waals surface area contributed by atoms with Gasteiger partial charge in [-0.1, -0.05) is 25.1 Å². The summed E-state index contributed by atoms with van der Waals surface area (Å²) in [6.45, 7) is 5.12. The second-order valence-electron chi connectivity index (χ2n) is 6.56. The Morgan fingerprint density at radius 1 is 1.40 bits per heavy atom. The first kappa shape index (κ1) is 20.7. The SMILES string of the molecule is C=CCn1c(O)c(C2=NN(C(=O)CC)[C@@H](c3ccc([N+](=O)[O-])cc3)C2)c(=O)[nH]c1=O. The van der Waals surface area contributed by atoms with Crippen LogP contribution in [0.5, 0.6) is 5.88 Å². The number of aromatic nitrogens is 2. The Labute approximate surface area is 169 Å². The molecule has 0 saturated heterocycles. The molecule has 0 fully saturated rings. The zero-order chi connectivity index (χ0) is 22.0. The number of non-ortho nitro benzene ring substituents is 1. The highest BCUT2D eigenvalue weighted by Crippen LogP contribution is 2.34. The Kier molecular flexibility index (Phi) is 5.63. The first-order chi connectivity index (χ1) is 14.3. The fraction of sp³-hybridized carbons (Fsp3) is 0.263. The third kappa shape index (κ3) is 3.64. The molecule has 1 amide bonds. The van der Waals surface area contributed by atoms with Gasteiger partial charge in [0.15, 0.2) is 0 Å². The van der Waals surface area contributed by atoms with Crippen LogP contribution in [0.15, 0.2) is 51.6 Å². The molecule has 2 heterocycles. The molecule has 1 aromatic carbocycles. The summed E-state index contributed by atoms with van der Waals surface area (Å²) >= 11 is 0. The van der Waals surface area contributed by atoms with E-state index in [9.17, 15) is 29.6 Å². The normalized spacial score (nSPS) is 15.7. The minimum atomic E-state index is -0.829. The minimum Gasteiger partial charge on any atom is -0.494 e. The monoisotopic (exact) mass is 413 g/mol. The molecular formula is C19H19N5O6. The van der Waals surface area contributed by atoms with E-state index in [0.29, 0.717) is 5.56 Å². The van der Waals surface area contributed by atoms with Crippen molar-refractivity contribution in [3.8, 4) is 5.88 Å². The van der Waals surface area contributed by atoms with Gasteiger partial charge >= 0.3 is 5.69 Å². The van der Waals surface area contributed by atoms with Crippen molar-refractivity contribution in [3.05, 3.63) is 79.0 Å². The van der Waals surface area contributed by atoms with Gasteiger partial charge in [-0.15, -0.1) is 6.58 Å². The van der Waals surface area contributed by atoms with E-state index in [1.807, 2.05) is 0 Å². The molecule has 1 atom stereocenters. The van der Waals surface area contributed by atoms with Gasteiger partial charge in [-0.25, -0.2) is 9.80 Å². The van der Waals surface area contributed by atoms with Gasteiger partial charge < -0.3 is 5.11 Å². The third-order valence-corrected chi connectivity index (χ3v) is 4.73. The summed E-state index contributed by atoms with van der Waals surface area (Å²) in [6, 6.07) is 5.04. The van der Waals surface area contributed by atoms with E-state index in [1.54, 1.807) is 6.92 Å². The number of rotatable bonds is 6. The fourth-order valence-electron chi connectivity index (χ4n) is 3.25. The summed E-state index contributed by atoms with van der Waals surface area (Å²) in [7, 11) is 0. The van der Waals surface area contributed by atoms with Crippen LogP contribution in [0.2, 0.25) is 0 Å². The average molecular weight is 413 g/mol. The fourth-order valence-corrected chi connectivity index (χ4v) is 3.25. The highest BCUT2D eigenvalue weighted by molar-refractivity contribution is 6.04. The average Bonchev–Trinajstić information content (AvgIpc) is 3.15. The maximum absolute atomic E-state index is 12.4. The number of nitro benzene ring substituents is 1. The highest BCUT2D eigenvalue weighted by Gasteiger charge is 2.35. The summed E-state index contributed by atoms with van der Waals surface area (Å²) in [5.41, 5.74) is -1.24. The van der Waals surface area contributed by atoms with Crippen molar-refractivity contribution in [1.29, 1.82) is 0 Å². The van der Waals surface area contributed by atoms with Crippen LogP contribution in [0, 0.1) is 10.1 Å². The number of hydrogen-bond donors (Lipinski definition) is 2. The molecule has 11 nitrogen and oxygen atoms in total. The zero-order valence-electron chi connectivity index (χ0n) is 16.1. The van der Waals surface area contributed by atoms with Crippen LogP contribution in [0.4, 0.5) is 5.69 Å². The topological polar surface area (TPSA) is 151 Å². The standard InChI is InChI=1S/C19H19N5O6/c1-3-9-22-18(27)16(17(26)20-19(22)28)13-10-14(23(21-13)15(25)4-2)11-5-7-12(8-6-11)24(29)30/h3,5-8,14,27H,1,4,9-10H2,2H3,(H,20,26,28)/t14-/m1/s1.